The fourth-order valence-electron chi connectivity index (χ4n) is 1.88. The quantitative estimate of drug-likeness (QED) is 0.716. The first-order chi connectivity index (χ1) is 7.19. The van der Waals surface area contributed by atoms with Crippen molar-refractivity contribution < 1.29 is 9.59 Å². The van der Waals surface area contributed by atoms with Gasteiger partial charge < -0.3 is 15.5 Å². The number of nitrogens with zero attached hydrogens (tertiary/aromatic N) is 1. The van der Waals surface area contributed by atoms with Gasteiger partial charge in [0.2, 0.25) is 11.8 Å². The number of carbonyl (C=O) groups excluding carboxylic acids is 2. The van der Waals surface area contributed by atoms with Crippen LogP contribution in [0.15, 0.2) is 0 Å². The Hall–Kier alpha value is -0.810. The van der Waals surface area contributed by atoms with Gasteiger partial charge >= 0.3 is 0 Å². The lowest BCUT2D eigenvalue weighted by Crippen LogP contribution is -2.47. The van der Waals surface area contributed by atoms with Crippen LogP contribution in [0.25, 0.3) is 0 Å². The number of halogens is 1. The minimum absolute atomic E-state index is 0. The molecule has 0 spiro atoms. The van der Waals surface area contributed by atoms with Crippen LogP contribution in [0.4, 0.5) is 0 Å². The molecule has 0 aromatic rings. The molecule has 0 aromatic heterocycles. The Balaban J connectivity index is 0.00000225. The van der Waals surface area contributed by atoms with Crippen LogP contribution < -0.4 is 10.6 Å². The summed E-state index contributed by atoms with van der Waals surface area (Å²) in [6, 6.07) is 0. The Bertz CT molecular complexity index is 248. The smallest absolute Gasteiger partial charge is 0.236 e. The lowest BCUT2D eigenvalue weighted by Gasteiger charge is -2.31. The van der Waals surface area contributed by atoms with Gasteiger partial charge in [0.15, 0.2) is 0 Å². The van der Waals surface area contributed by atoms with Gasteiger partial charge in [-0.05, 0) is 19.9 Å². The first-order valence-corrected chi connectivity index (χ1v) is 5.33. The summed E-state index contributed by atoms with van der Waals surface area (Å²) in [6.07, 6.45) is 1.79. The Morgan fingerprint density at radius 2 is 2.06 bits per heavy atom. The van der Waals surface area contributed by atoms with E-state index in [4.69, 9.17) is 0 Å². The number of hydrogen-bond donors (Lipinski definition) is 2. The summed E-state index contributed by atoms with van der Waals surface area (Å²) in [6.45, 7) is 1.68. The average Bonchev–Trinajstić information content (AvgIpc) is 2.28. The highest BCUT2D eigenvalue weighted by atomic mass is 35.5. The predicted octanol–water partition coefficient (Wildman–Crippen LogP) is -0.388. The number of likely N-dealkylation sites (tertiary alicyclic amines) is 1. The second-order valence-electron chi connectivity index (χ2n) is 3.82. The first kappa shape index (κ1) is 15.2. The molecule has 6 heteroatoms. The molecule has 16 heavy (non-hydrogen) atoms. The van der Waals surface area contributed by atoms with Crippen LogP contribution in [0, 0.1) is 5.92 Å². The third-order valence-electron chi connectivity index (χ3n) is 2.72. The summed E-state index contributed by atoms with van der Waals surface area (Å²) in [5.41, 5.74) is 0. The van der Waals surface area contributed by atoms with E-state index in [2.05, 4.69) is 10.6 Å². The van der Waals surface area contributed by atoms with E-state index in [1.165, 1.54) is 0 Å². The van der Waals surface area contributed by atoms with Crippen molar-refractivity contribution in [3.63, 3.8) is 0 Å². The van der Waals surface area contributed by atoms with E-state index in [0.717, 1.165) is 19.4 Å². The molecule has 0 saturated carbocycles. The van der Waals surface area contributed by atoms with Crippen LogP contribution in [0.1, 0.15) is 12.8 Å². The number of hydrogen-bond acceptors (Lipinski definition) is 3. The SMILES string of the molecule is CNCC(=O)N1CCCC(C(=O)NC)C1.Cl. The van der Waals surface area contributed by atoms with Crippen molar-refractivity contribution >= 4 is 24.2 Å². The van der Waals surface area contributed by atoms with E-state index >= 15 is 0 Å². The van der Waals surface area contributed by atoms with E-state index < -0.39 is 0 Å². The second-order valence-corrected chi connectivity index (χ2v) is 3.82. The molecule has 1 heterocycles. The van der Waals surface area contributed by atoms with E-state index in [1.54, 1.807) is 19.0 Å². The van der Waals surface area contributed by atoms with Gasteiger partial charge in [0.05, 0.1) is 12.5 Å². The molecule has 1 aliphatic heterocycles. The fourth-order valence-corrected chi connectivity index (χ4v) is 1.88. The first-order valence-electron chi connectivity index (χ1n) is 5.33. The van der Waals surface area contributed by atoms with Gasteiger partial charge in [-0.1, -0.05) is 0 Å². The monoisotopic (exact) mass is 249 g/mol. The molecule has 1 rings (SSSR count). The highest BCUT2D eigenvalue weighted by Crippen LogP contribution is 2.16. The minimum atomic E-state index is -0.0374. The summed E-state index contributed by atoms with van der Waals surface area (Å²) >= 11 is 0. The predicted molar refractivity (Wildman–Crippen MR) is 64.5 cm³/mol. The van der Waals surface area contributed by atoms with Crippen LogP contribution in [-0.2, 0) is 9.59 Å². The molecule has 0 radical (unpaired) electrons. The maximum absolute atomic E-state index is 11.6. The molecule has 0 aliphatic carbocycles. The Kier molecular flexibility index (Phi) is 7.08. The Morgan fingerprint density at radius 3 is 2.62 bits per heavy atom. The van der Waals surface area contributed by atoms with Crippen molar-refractivity contribution in [3.8, 4) is 0 Å². The third-order valence-corrected chi connectivity index (χ3v) is 2.72. The maximum atomic E-state index is 11.6. The van der Waals surface area contributed by atoms with Crippen molar-refractivity contribution in [1.29, 1.82) is 0 Å². The van der Waals surface area contributed by atoms with Gasteiger partial charge in [-0.25, -0.2) is 0 Å². The number of nitrogens with one attached hydrogen (secondary N) is 2. The molecule has 94 valence electrons. The molecule has 1 unspecified atom stereocenters. The zero-order valence-corrected chi connectivity index (χ0v) is 10.6. The lowest BCUT2D eigenvalue weighted by atomic mass is 9.97. The number of rotatable bonds is 3. The number of likely N-dealkylation sites (N-methyl/N-ethyl adjacent to an activating group) is 1. The molecular formula is C10H20ClN3O2. The topological polar surface area (TPSA) is 61.4 Å². The van der Waals surface area contributed by atoms with Crippen molar-refractivity contribution in [1.82, 2.24) is 15.5 Å². The van der Waals surface area contributed by atoms with Crippen LogP contribution in [-0.4, -0.2) is 50.4 Å². The highest BCUT2D eigenvalue weighted by molar-refractivity contribution is 5.85. The molecule has 1 fully saturated rings. The summed E-state index contributed by atoms with van der Waals surface area (Å²) < 4.78 is 0. The Labute approximate surface area is 102 Å². The van der Waals surface area contributed by atoms with Gasteiger partial charge in [-0.15, -0.1) is 12.4 Å². The van der Waals surface area contributed by atoms with Gasteiger partial charge in [-0.2, -0.15) is 0 Å². The Morgan fingerprint density at radius 1 is 1.38 bits per heavy atom. The molecule has 0 aromatic carbocycles. The van der Waals surface area contributed by atoms with Crippen molar-refractivity contribution in [2.75, 3.05) is 33.7 Å². The van der Waals surface area contributed by atoms with E-state index in [-0.39, 0.29) is 30.1 Å². The normalized spacial score (nSPS) is 19.9. The maximum Gasteiger partial charge on any atom is 0.236 e. The summed E-state index contributed by atoms with van der Waals surface area (Å²) in [5, 5.41) is 5.46. The zero-order valence-electron chi connectivity index (χ0n) is 9.78. The largest absolute Gasteiger partial charge is 0.359 e. The number of carbonyl (C=O) groups is 2. The van der Waals surface area contributed by atoms with Gasteiger partial charge in [0.1, 0.15) is 0 Å². The summed E-state index contributed by atoms with van der Waals surface area (Å²) in [7, 11) is 3.38. The lowest BCUT2D eigenvalue weighted by molar-refractivity contribution is -0.134. The van der Waals surface area contributed by atoms with E-state index in [1.807, 2.05) is 0 Å². The molecule has 0 bridgehead atoms. The second kappa shape index (κ2) is 7.46. The van der Waals surface area contributed by atoms with Crippen molar-refractivity contribution in [2.45, 2.75) is 12.8 Å². The summed E-state index contributed by atoms with van der Waals surface area (Å²) in [4.78, 5) is 24.8. The molecule has 2 N–H and O–H groups in total. The molecule has 1 aliphatic rings. The van der Waals surface area contributed by atoms with E-state index in [0.29, 0.717) is 13.1 Å². The highest BCUT2D eigenvalue weighted by Gasteiger charge is 2.27. The van der Waals surface area contributed by atoms with E-state index in [9.17, 15) is 9.59 Å². The molecule has 1 saturated heterocycles. The standard InChI is InChI=1S/C10H19N3O2.ClH/c1-11-6-9(14)13-5-3-4-8(7-13)10(15)12-2;/h8,11H,3-7H2,1-2H3,(H,12,15);1H. The van der Waals surface area contributed by atoms with Crippen LogP contribution in [0.3, 0.4) is 0 Å². The average molecular weight is 250 g/mol. The van der Waals surface area contributed by atoms with Crippen LogP contribution in [0.5, 0.6) is 0 Å². The molecule has 2 amide bonds. The van der Waals surface area contributed by atoms with Crippen molar-refractivity contribution in [3.05, 3.63) is 0 Å². The molecule has 5 nitrogen and oxygen atoms in total. The summed E-state index contributed by atoms with van der Waals surface area (Å²) in [5.74, 6) is 0.0765. The zero-order chi connectivity index (χ0) is 11.3. The van der Waals surface area contributed by atoms with Crippen LogP contribution >= 0.6 is 12.4 Å². The van der Waals surface area contributed by atoms with Crippen LogP contribution in [0.2, 0.25) is 0 Å². The minimum Gasteiger partial charge on any atom is -0.359 e. The van der Waals surface area contributed by atoms with Crippen molar-refractivity contribution in [2.24, 2.45) is 5.92 Å². The van der Waals surface area contributed by atoms with Gasteiger partial charge in [0, 0.05) is 20.1 Å². The molecule has 1 atom stereocenters. The fraction of sp³-hybridized carbons (Fsp3) is 0.800. The van der Waals surface area contributed by atoms with Gasteiger partial charge in [-0.3, -0.25) is 9.59 Å². The third kappa shape index (κ3) is 3.98. The molecular weight excluding hydrogens is 230 g/mol. The number of piperidine rings is 1. The number of amides is 2. The van der Waals surface area contributed by atoms with Gasteiger partial charge in [0.25, 0.3) is 0 Å².